The van der Waals surface area contributed by atoms with E-state index >= 15 is 0 Å². The quantitative estimate of drug-likeness (QED) is 0.702. The summed E-state index contributed by atoms with van der Waals surface area (Å²) in [6, 6.07) is 2.18. The maximum Gasteiger partial charge on any atom is 0.342 e. The molecule has 1 aromatic rings. The van der Waals surface area contributed by atoms with E-state index in [1.54, 1.807) is 0 Å². The van der Waals surface area contributed by atoms with Crippen molar-refractivity contribution in [1.82, 2.24) is 0 Å². The lowest BCUT2D eigenvalue weighted by Gasteiger charge is -2.04. The number of nitrogens with two attached hydrogens (primary N) is 1. The minimum Gasteiger partial charge on any atom is -0.490 e. The van der Waals surface area contributed by atoms with Crippen LogP contribution in [0.5, 0.6) is 5.75 Å². The van der Waals surface area contributed by atoms with Crippen molar-refractivity contribution in [3.63, 3.8) is 0 Å². The Kier molecular flexibility index (Phi) is 1.89. The maximum absolute atomic E-state index is 13.1. The van der Waals surface area contributed by atoms with Gasteiger partial charge < -0.3 is 15.6 Å². The third kappa shape index (κ3) is 1.13. The number of carbonyl (C=O) groups is 1. The van der Waals surface area contributed by atoms with Gasteiger partial charge in [-0.15, -0.1) is 0 Å². The number of hydrogen-bond acceptors (Lipinski definition) is 3. The van der Waals surface area contributed by atoms with Gasteiger partial charge in [-0.25, -0.2) is 9.18 Å². The highest BCUT2D eigenvalue weighted by Gasteiger charge is 2.28. The predicted molar refractivity (Wildman–Crippen MR) is 45.8 cm³/mol. The van der Waals surface area contributed by atoms with E-state index in [0.29, 0.717) is 5.56 Å². The van der Waals surface area contributed by atoms with Gasteiger partial charge in [0.15, 0.2) is 0 Å². The SMILES string of the molecule is N[C@H]1COc2c1ccc(F)c2C(=O)O. The van der Waals surface area contributed by atoms with E-state index in [1.165, 1.54) is 6.07 Å². The van der Waals surface area contributed by atoms with Crippen LogP contribution >= 0.6 is 0 Å². The van der Waals surface area contributed by atoms with Crippen molar-refractivity contribution >= 4 is 5.97 Å². The van der Waals surface area contributed by atoms with Crippen LogP contribution in [0.2, 0.25) is 0 Å². The Morgan fingerprint density at radius 3 is 3.00 bits per heavy atom. The number of halogens is 1. The Morgan fingerprint density at radius 2 is 2.36 bits per heavy atom. The van der Waals surface area contributed by atoms with Crippen molar-refractivity contribution in [2.45, 2.75) is 6.04 Å². The van der Waals surface area contributed by atoms with Crippen LogP contribution in [-0.2, 0) is 0 Å². The summed E-state index contributed by atoms with van der Waals surface area (Å²) in [5, 5.41) is 8.76. The molecule has 0 radical (unpaired) electrons. The van der Waals surface area contributed by atoms with Crippen molar-refractivity contribution in [2.24, 2.45) is 5.73 Å². The second kappa shape index (κ2) is 2.95. The van der Waals surface area contributed by atoms with Crippen LogP contribution in [0.4, 0.5) is 4.39 Å². The van der Waals surface area contributed by atoms with Gasteiger partial charge in [0.25, 0.3) is 0 Å². The smallest absolute Gasteiger partial charge is 0.342 e. The fourth-order valence-electron chi connectivity index (χ4n) is 1.48. The number of benzene rings is 1. The Labute approximate surface area is 79.1 Å². The van der Waals surface area contributed by atoms with Gasteiger partial charge in [0.1, 0.15) is 23.7 Å². The molecule has 5 heteroatoms. The highest BCUT2D eigenvalue weighted by molar-refractivity contribution is 5.92. The summed E-state index contributed by atoms with van der Waals surface area (Å²) in [5.41, 5.74) is 5.74. The number of aromatic carboxylic acids is 1. The third-order valence-corrected chi connectivity index (χ3v) is 2.16. The van der Waals surface area contributed by atoms with Gasteiger partial charge >= 0.3 is 5.97 Å². The Balaban J connectivity index is 2.65. The third-order valence-electron chi connectivity index (χ3n) is 2.16. The zero-order valence-electron chi connectivity index (χ0n) is 7.16. The molecule has 4 nitrogen and oxygen atoms in total. The van der Waals surface area contributed by atoms with Crippen molar-refractivity contribution < 1.29 is 19.0 Å². The lowest BCUT2D eigenvalue weighted by atomic mass is 10.1. The first-order chi connectivity index (χ1) is 6.61. The van der Waals surface area contributed by atoms with Gasteiger partial charge in [0.05, 0.1) is 6.04 Å². The van der Waals surface area contributed by atoms with Gasteiger partial charge in [-0.2, -0.15) is 0 Å². The molecule has 2 rings (SSSR count). The summed E-state index contributed by atoms with van der Waals surface area (Å²) in [7, 11) is 0. The molecule has 14 heavy (non-hydrogen) atoms. The molecule has 0 bridgehead atoms. The summed E-state index contributed by atoms with van der Waals surface area (Å²) in [6.45, 7) is 0.194. The minimum absolute atomic E-state index is 0.0602. The number of carboxylic acid groups (broad SMARTS) is 1. The molecule has 1 atom stereocenters. The number of hydrogen-bond donors (Lipinski definition) is 2. The van der Waals surface area contributed by atoms with E-state index in [1.807, 2.05) is 0 Å². The summed E-state index contributed by atoms with van der Waals surface area (Å²) < 4.78 is 18.2. The van der Waals surface area contributed by atoms with E-state index in [0.717, 1.165) is 6.07 Å². The monoisotopic (exact) mass is 197 g/mol. The fraction of sp³-hybridized carbons (Fsp3) is 0.222. The van der Waals surface area contributed by atoms with E-state index in [4.69, 9.17) is 15.6 Å². The largest absolute Gasteiger partial charge is 0.490 e. The standard InChI is InChI=1S/C9H8FNO3/c10-5-2-1-4-6(11)3-14-8(4)7(5)9(12)13/h1-2,6H,3,11H2,(H,12,13)/t6-/m0/s1. The molecular weight excluding hydrogens is 189 g/mol. The molecule has 3 N–H and O–H groups in total. The van der Waals surface area contributed by atoms with E-state index < -0.39 is 17.3 Å². The molecule has 0 saturated heterocycles. The highest BCUT2D eigenvalue weighted by Crippen LogP contribution is 2.35. The molecule has 0 aliphatic carbocycles. The highest BCUT2D eigenvalue weighted by atomic mass is 19.1. The molecule has 0 unspecified atom stereocenters. The second-order valence-electron chi connectivity index (χ2n) is 3.06. The molecule has 0 amide bonds. The van der Waals surface area contributed by atoms with Crippen molar-refractivity contribution in [2.75, 3.05) is 6.61 Å². The van der Waals surface area contributed by atoms with E-state index in [9.17, 15) is 9.18 Å². The number of carboxylic acids is 1. The van der Waals surface area contributed by atoms with Gasteiger partial charge in [-0.1, -0.05) is 6.07 Å². The summed E-state index contributed by atoms with van der Waals surface area (Å²) in [4.78, 5) is 10.7. The normalized spacial score (nSPS) is 18.9. The van der Waals surface area contributed by atoms with Crippen LogP contribution in [0, 0.1) is 5.82 Å². The lowest BCUT2D eigenvalue weighted by Crippen LogP contribution is -2.10. The Hall–Kier alpha value is -1.62. The topological polar surface area (TPSA) is 72.5 Å². The van der Waals surface area contributed by atoms with Crippen LogP contribution in [0.25, 0.3) is 0 Å². The summed E-state index contributed by atoms with van der Waals surface area (Å²) in [6.07, 6.45) is 0. The summed E-state index contributed by atoms with van der Waals surface area (Å²) >= 11 is 0. The molecule has 74 valence electrons. The molecule has 0 aromatic heterocycles. The molecule has 1 aromatic carbocycles. The van der Waals surface area contributed by atoms with E-state index in [-0.39, 0.29) is 18.4 Å². The van der Waals surface area contributed by atoms with Crippen molar-refractivity contribution in [3.05, 3.63) is 29.1 Å². The number of rotatable bonds is 1. The first kappa shape index (κ1) is 8.96. The van der Waals surface area contributed by atoms with Gasteiger partial charge in [0.2, 0.25) is 0 Å². The zero-order chi connectivity index (χ0) is 10.3. The van der Waals surface area contributed by atoms with Crippen LogP contribution in [-0.4, -0.2) is 17.7 Å². The molecule has 0 fully saturated rings. The molecular formula is C9H8FNO3. The van der Waals surface area contributed by atoms with Crippen molar-refractivity contribution in [1.29, 1.82) is 0 Å². The first-order valence-electron chi connectivity index (χ1n) is 4.05. The molecule has 0 spiro atoms. The van der Waals surface area contributed by atoms with Crippen LogP contribution in [0.3, 0.4) is 0 Å². The van der Waals surface area contributed by atoms with Gasteiger partial charge in [-0.05, 0) is 6.07 Å². The predicted octanol–water partition coefficient (Wildman–Crippen LogP) is 0.916. The average molecular weight is 197 g/mol. The van der Waals surface area contributed by atoms with Crippen LogP contribution < -0.4 is 10.5 Å². The van der Waals surface area contributed by atoms with Crippen LogP contribution in [0.15, 0.2) is 12.1 Å². The zero-order valence-corrected chi connectivity index (χ0v) is 7.16. The Morgan fingerprint density at radius 1 is 1.64 bits per heavy atom. The maximum atomic E-state index is 13.1. The second-order valence-corrected chi connectivity index (χ2v) is 3.06. The van der Waals surface area contributed by atoms with E-state index in [2.05, 4.69) is 0 Å². The fourth-order valence-corrected chi connectivity index (χ4v) is 1.48. The summed E-state index contributed by atoms with van der Waals surface area (Å²) in [5.74, 6) is -2.08. The molecule has 0 saturated carbocycles. The Bertz CT molecular complexity index is 405. The number of ether oxygens (including phenoxy) is 1. The minimum atomic E-state index is -1.34. The molecule has 1 aliphatic rings. The van der Waals surface area contributed by atoms with Gasteiger partial charge in [-0.3, -0.25) is 0 Å². The first-order valence-corrected chi connectivity index (χ1v) is 4.05. The van der Waals surface area contributed by atoms with Crippen molar-refractivity contribution in [3.8, 4) is 5.75 Å². The molecule has 1 heterocycles. The molecule has 1 aliphatic heterocycles. The van der Waals surface area contributed by atoms with Crippen LogP contribution in [0.1, 0.15) is 22.0 Å². The van der Waals surface area contributed by atoms with Gasteiger partial charge in [0, 0.05) is 5.56 Å². The number of fused-ring (bicyclic) bond motifs is 1. The average Bonchev–Trinajstić information content (AvgIpc) is 2.47. The lowest BCUT2D eigenvalue weighted by molar-refractivity contribution is 0.0688.